The van der Waals surface area contributed by atoms with E-state index in [-0.39, 0.29) is 0 Å². The molecule has 0 spiro atoms. The van der Waals surface area contributed by atoms with Crippen molar-refractivity contribution < 1.29 is 0 Å². The van der Waals surface area contributed by atoms with E-state index in [0.717, 1.165) is 18.5 Å². The number of hydrogen-bond donors (Lipinski definition) is 0. The van der Waals surface area contributed by atoms with E-state index in [1.54, 1.807) is 0 Å². The van der Waals surface area contributed by atoms with Crippen molar-refractivity contribution in [2.24, 2.45) is 0 Å². The van der Waals surface area contributed by atoms with Crippen molar-refractivity contribution in [1.29, 1.82) is 0 Å². The second kappa shape index (κ2) is 10.1. The van der Waals surface area contributed by atoms with E-state index in [9.17, 15) is 0 Å². The first-order valence-corrected chi connectivity index (χ1v) is 17.2. The van der Waals surface area contributed by atoms with Gasteiger partial charge in [-0.25, -0.2) is 0 Å². The van der Waals surface area contributed by atoms with Crippen molar-refractivity contribution in [1.82, 2.24) is 13.7 Å². The van der Waals surface area contributed by atoms with Gasteiger partial charge in [0.1, 0.15) is 0 Å². The van der Waals surface area contributed by atoms with Crippen LogP contribution in [-0.4, -0.2) is 13.7 Å². The molecule has 1 aliphatic rings. The summed E-state index contributed by atoms with van der Waals surface area (Å²) in [5, 5.41) is 8.80. The third-order valence-electron chi connectivity index (χ3n) is 10.6. The highest BCUT2D eigenvalue weighted by Gasteiger charge is 2.24. The summed E-state index contributed by atoms with van der Waals surface area (Å²) < 4.78 is 7.46. The summed E-state index contributed by atoms with van der Waals surface area (Å²) in [6.45, 7) is 0. The zero-order chi connectivity index (χ0) is 32.1. The zero-order valence-electron chi connectivity index (χ0n) is 26.8. The van der Waals surface area contributed by atoms with E-state index < -0.39 is 0 Å². The van der Waals surface area contributed by atoms with Crippen LogP contribution in [0.3, 0.4) is 0 Å². The topological polar surface area (TPSA) is 14.8 Å². The van der Waals surface area contributed by atoms with Gasteiger partial charge >= 0.3 is 0 Å². The van der Waals surface area contributed by atoms with Gasteiger partial charge < -0.3 is 13.7 Å². The zero-order valence-corrected chi connectivity index (χ0v) is 26.8. The molecule has 0 radical (unpaired) electrons. The summed E-state index contributed by atoms with van der Waals surface area (Å²) in [5.41, 5.74) is 12.4. The fourth-order valence-electron chi connectivity index (χ4n) is 8.50. The Morgan fingerprint density at radius 2 is 0.898 bits per heavy atom. The summed E-state index contributed by atoms with van der Waals surface area (Å²) in [6.07, 6.45) is 6.80. The van der Waals surface area contributed by atoms with Gasteiger partial charge in [0.25, 0.3) is 0 Å². The van der Waals surface area contributed by atoms with Crippen LogP contribution in [0, 0.1) is 0 Å². The predicted molar refractivity (Wildman–Crippen MR) is 207 cm³/mol. The van der Waals surface area contributed by atoms with Crippen LogP contribution in [0.4, 0.5) is 0 Å². The number of rotatable bonds is 3. The van der Waals surface area contributed by atoms with Crippen LogP contribution in [0.2, 0.25) is 0 Å². The maximum Gasteiger partial charge on any atom is 0.0803 e. The van der Waals surface area contributed by atoms with Crippen molar-refractivity contribution in [3.8, 4) is 17.1 Å². The second-order valence-corrected chi connectivity index (χ2v) is 13.3. The molecule has 7 aromatic carbocycles. The summed E-state index contributed by atoms with van der Waals surface area (Å²) in [5.74, 6) is 0. The average Bonchev–Trinajstić information content (AvgIpc) is 3.80. The molecular weight excluding hydrogens is 595 g/mol. The van der Waals surface area contributed by atoms with Gasteiger partial charge in [0, 0.05) is 38.9 Å². The SMILES string of the molecule is C1=Cc2c(c3ccccc3n2-c2ccc3c(c2)n(-c2ccc4ccccc4c2)c2c4ccccc4n(-c4ccc5ccccc5c4)c32)CC1. The molecule has 0 N–H and O–H groups in total. The third kappa shape index (κ3) is 3.78. The van der Waals surface area contributed by atoms with E-state index >= 15 is 0 Å². The number of para-hydroxylation sites is 2. The maximum atomic E-state index is 2.51. The molecule has 0 unspecified atom stereocenters. The highest BCUT2D eigenvalue weighted by atomic mass is 15.1. The molecule has 0 amide bonds. The second-order valence-electron chi connectivity index (χ2n) is 13.3. The Labute approximate surface area is 283 Å². The average molecular weight is 626 g/mol. The Balaban J connectivity index is 1.29. The molecule has 0 saturated heterocycles. The Morgan fingerprint density at radius 1 is 0.388 bits per heavy atom. The molecule has 0 atom stereocenters. The van der Waals surface area contributed by atoms with Gasteiger partial charge in [-0.2, -0.15) is 0 Å². The van der Waals surface area contributed by atoms with E-state index in [1.807, 2.05) is 0 Å². The van der Waals surface area contributed by atoms with Gasteiger partial charge in [0.15, 0.2) is 0 Å². The molecule has 3 aromatic heterocycles. The molecule has 3 heteroatoms. The normalized spacial score (nSPS) is 13.1. The molecule has 1 aliphatic carbocycles. The first-order valence-electron chi connectivity index (χ1n) is 17.2. The van der Waals surface area contributed by atoms with E-state index in [2.05, 4.69) is 178 Å². The van der Waals surface area contributed by atoms with Gasteiger partial charge in [-0.1, -0.05) is 103 Å². The molecule has 11 rings (SSSR count). The molecule has 0 saturated carbocycles. The van der Waals surface area contributed by atoms with Gasteiger partial charge in [-0.15, -0.1) is 0 Å². The monoisotopic (exact) mass is 625 g/mol. The lowest BCUT2D eigenvalue weighted by Crippen LogP contribution is -2.01. The van der Waals surface area contributed by atoms with Gasteiger partial charge in [0.2, 0.25) is 0 Å². The lowest BCUT2D eigenvalue weighted by atomic mass is 10.0. The summed E-state index contributed by atoms with van der Waals surface area (Å²) in [4.78, 5) is 0. The van der Waals surface area contributed by atoms with Crippen molar-refractivity contribution in [3.63, 3.8) is 0 Å². The number of aromatic nitrogens is 3. The molecular formula is C46H31N3. The minimum absolute atomic E-state index is 1.07. The van der Waals surface area contributed by atoms with Crippen LogP contribution in [0.5, 0.6) is 0 Å². The van der Waals surface area contributed by atoms with Crippen molar-refractivity contribution in [2.75, 3.05) is 0 Å². The van der Waals surface area contributed by atoms with E-state index in [4.69, 9.17) is 0 Å². The number of hydrogen-bond acceptors (Lipinski definition) is 0. The van der Waals surface area contributed by atoms with Crippen LogP contribution in [-0.2, 0) is 6.42 Å². The van der Waals surface area contributed by atoms with Gasteiger partial charge in [-0.3, -0.25) is 0 Å². The number of allylic oxidation sites excluding steroid dienone is 1. The summed E-state index contributed by atoms with van der Waals surface area (Å²) in [7, 11) is 0. The highest BCUT2D eigenvalue weighted by Crippen LogP contribution is 2.43. The molecule has 0 bridgehead atoms. The minimum Gasteiger partial charge on any atom is -0.310 e. The third-order valence-corrected chi connectivity index (χ3v) is 10.6. The summed E-state index contributed by atoms with van der Waals surface area (Å²) >= 11 is 0. The fraction of sp³-hybridized carbons (Fsp3) is 0.0435. The van der Waals surface area contributed by atoms with Crippen LogP contribution >= 0.6 is 0 Å². The molecule has 0 fully saturated rings. The van der Waals surface area contributed by atoms with Gasteiger partial charge in [0.05, 0.1) is 27.6 Å². The molecule has 3 nitrogen and oxygen atoms in total. The summed E-state index contributed by atoms with van der Waals surface area (Å²) in [6, 6.07) is 55.9. The Bertz CT molecular complexity index is 3000. The molecule has 230 valence electrons. The molecule has 0 aliphatic heterocycles. The molecule has 3 heterocycles. The van der Waals surface area contributed by atoms with Crippen LogP contribution in [0.1, 0.15) is 17.7 Å². The number of fused-ring (bicyclic) bond motifs is 10. The highest BCUT2D eigenvalue weighted by molar-refractivity contribution is 6.20. The first kappa shape index (κ1) is 26.7. The molecule has 10 aromatic rings. The molecule has 49 heavy (non-hydrogen) atoms. The Hall–Kier alpha value is -6.32. The van der Waals surface area contributed by atoms with E-state index in [0.29, 0.717) is 0 Å². The number of aryl methyl sites for hydroxylation is 1. The quantitative estimate of drug-likeness (QED) is 0.186. The Morgan fingerprint density at radius 3 is 1.59 bits per heavy atom. The maximum absolute atomic E-state index is 2.51. The van der Waals surface area contributed by atoms with Crippen LogP contribution in [0.25, 0.3) is 88.4 Å². The van der Waals surface area contributed by atoms with Crippen molar-refractivity contribution >= 4 is 71.4 Å². The smallest absolute Gasteiger partial charge is 0.0803 e. The van der Waals surface area contributed by atoms with Gasteiger partial charge in [-0.05, 0) is 101 Å². The van der Waals surface area contributed by atoms with Crippen molar-refractivity contribution in [3.05, 3.63) is 169 Å². The standard InChI is InChI=1S/C46H31N3/c1-3-13-32-27-34(23-21-30(32)11-1)48-43-20-10-7-17-39(43)45-46(48)40-26-25-36(47-41-18-8-5-15-37(41)38-16-6-9-19-42(38)47)29-44(40)49(45)35-24-22-31-12-2-4-14-33(31)28-35/h1-5,7-15,17-29H,6,16H2. The Kier molecular flexibility index (Phi) is 5.50. The number of nitrogens with zero attached hydrogens (tertiary/aromatic N) is 3. The lowest BCUT2D eigenvalue weighted by molar-refractivity contribution is 0.968. The van der Waals surface area contributed by atoms with Crippen LogP contribution in [0.15, 0.2) is 158 Å². The largest absolute Gasteiger partial charge is 0.310 e. The number of benzene rings is 7. The minimum atomic E-state index is 1.07. The van der Waals surface area contributed by atoms with E-state index in [1.165, 1.54) is 87.9 Å². The fourth-order valence-corrected chi connectivity index (χ4v) is 8.50. The predicted octanol–water partition coefficient (Wildman–Crippen LogP) is 11.9. The van der Waals surface area contributed by atoms with Crippen molar-refractivity contribution in [2.45, 2.75) is 12.8 Å². The lowest BCUT2D eigenvalue weighted by Gasteiger charge is -2.14. The van der Waals surface area contributed by atoms with Crippen LogP contribution < -0.4 is 0 Å². The first-order chi connectivity index (χ1) is 24.3.